The molecule has 0 N–H and O–H groups in total. The molecule has 0 atom stereocenters. The summed E-state index contributed by atoms with van der Waals surface area (Å²) in [5, 5.41) is 0. The summed E-state index contributed by atoms with van der Waals surface area (Å²) in [6.07, 6.45) is 0.606. The first kappa shape index (κ1) is 14.5. The van der Waals surface area contributed by atoms with Crippen molar-refractivity contribution >= 4 is 11.6 Å². The minimum absolute atomic E-state index is 0.0551. The summed E-state index contributed by atoms with van der Waals surface area (Å²) in [5.41, 5.74) is 1.36. The van der Waals surface area contributed by atoms with Crippen LogP contribution in [-0.2, 0) is 11.2 Å². The fourth-order valence-corrected chi connectivity index (χ4v) is 2.51. The van der Waals surface area contributed by atoms with E-state index < -0.39 is 11.6 Å². The van der Waals surface area contributed by atoms with Gasteiger partial charge in [-0.25, -0.2) is 8.78 Å². The van der Waals surface area contributed by atoms with Crippen LogP contribution < -0.4 is 9.64 Å². The smallest absolute Gasteiger partial charge is 0.227 e. The quantitative estimate of drug-likeness (QED) is 0.870. The van der Waals surface area contributed by atoms with Gasteiger partial charge in [0, 0.05) is 6.42 Å². The number of rotatable bonds is 3. The first-order valence-electron chi connectivity index (χ1n) is 7.11. The molecular weight excluding hydrogens is 288 g/mol. The highest BCUT2D eigenvalue weighted by atomic mass is 19.2. The van der Waals surface area contributed by atoms with E-state index in [1.54, 1.807) is 4.90 Å². The molecule has 0 fully saturated rings. The molecule has 0 saturated carbocycles. The SMILES string of the molecule is O=C(CCc1ccc(F)c(F)c1)N1CCOc2ccccc21. The molecule has 1 aliphatic rings. The van der Waals surface area contributed by atoms with Crippen molar-refractivity contribution in [2.24, 2.45) is 0 Å². The van der Waals surface area contributed by atoms with Crippen LogP contribution in [0.3, 0.4) is 0 Å². The number of hydrogen-bond acceptors (Lipinski definition) is 2. The molecule has 0 spiro atoms. The van der Waals surface area contributed by atoms with Crippen molar-refractivity contribution in [1.29, 1.82) is 0 Å². The summed E-state index contributed by atoms with van der Waals surface area (Å²) >= 11 is 0. The molecule has 2 aromatic rings. The number of anilines is 1. The van der Waals surface area contributed by atoms with E-state index in [1.807, 2.05) is 24.3 Å². The van der Waals surface area contributed by atoms with Crippen LogP contribution in [0.4, 0.5) is 14.5 Å². The number of carbonyl (C=O) groups is 1. The lowest BCUT2D eigenvalue weighted by Crippen LogP contribution is -2.38. The minimum Gasteiger partial charge on any atom is -0.490 e. The Labute approximate surface area is 127 Å². The number of para-hydroxylation sites is 2. The van der Waals surface area contributed by atoms with Crippen LogP contribution >= 0.6 is 0 Å². The van der Waals surface area contributed by atoms with Crippen LogP contribution in [0.1, 0.15) is 12.0 Å². The average molecular weight is 303 g/mol. The second-order valence-electron chi connectivity index (χ2n) is 5.11. The van der Waals surface area contributed by atoms with Crippen molar-refractivity contribution in [1.82, 2.24) is 0 Å². The number of amides is 1. The van der Waals surface area contributed by atoms with E-state index in [9.17, 15) is 13.6 Å². The van der Waals surface area contributed by atoms with Gasteiger partial charge in [0.25, 0.3) is 0 Å². The van der Waals surface area contributed by atoms with Gasteiger partial charge >= 0.3 is 0 Å². The van der Waals surface area contributed by atoms with E-state index in [0.717, 1.165) is 17.8 Å². The number of benzene rings is 2. The Hall–Kier alpha value is -2.43. The van der Waals surface area contributed by atoms with E-state index in [-0.39, 0.29) is 12.3 Å². The van der Waals surface area contributed by atoms with Crippen molar-refractivity contribution in [2.45, 2.75) is 12.8 Å². The second kappa shape index (κ2) is 6.13. The lowest BCUT2D eigenvalue weighted by molar-refractivity contribution is -0.118. The Balaban J connectivity index is 1.69. The highest BCUT2D eigenvalue weighted by Crippen LogP contribution is 2.31. The zero-order valence-corrected chi connectivity index (χ0v) is 11.9. The van der Waals surface area contributed by atoms with Gasteiger partial charge in [-0.2, -0.15) is 0 Å². The minimum atomic E-state index is -0.887. The Morgan fingerprint density at radius 2 is 1.95 bits per heavy atom. The summed E-state index contributed by atoms with van der Waals surface area (Å²) in [6, 6.07) is 11.1. The highest BCUT2D eigenvalue weighted by molar-refractivity contribution is 5.95. The van der Waals surface area contributed by atoms with Crippen LogP contribution in [0.5, 0.6) is 5.75 Å². The number of ether oxygens (including phenoxy) is 1. The standard InChI is InChI=1S/C17H15F2NO2/c18-13-7-5-12(11-14(13)19)6-8-17(21)20-9-10-22-16-4-2-1-3-15(16)20/h1-5,7,11H,6,8-10H2. The highest BCUT2D eigenvalue weighted by Gasteiger charge is 2.22. The summed E-state index contributed by atoms with van der Waals surface area (Å²) in [6.45, 7) is 0.946. The zero-order chi connectivity index (χ0) is 15.5. The molecule has 5 heteroatoms. The molecule has 1 aliphatic heterocycles. The molecule has 22 heavy (non-hydrogen) atoms. The maximum atomic E-state index is 13.2. The van der Waals surface area contributed by atoms with Gasteiger partial charge in [-0.15, -0.1) is 0 Å². The van der Waals surface area contributed by atoms with Crippen molar-refractivity contribution in [2.75, 3.05) is 18.1 Å². The van der Waals surface area contributed by atoms with Gasteiger partial charge in [-0.05, 0) is 36.2 Å². The molecule has 0 saturated heterocycles. The third kappa shape index (κ3) is 2.93. The first-order chi connectivity index (χ1) is 10.6. The van der Waals surface area contributed by atoms with Gasteiger partial charge in [0.05, 0.1) is 12.2 Å². The van der Waals surface area contributed by atoms with Crippen molar-refractivity contribution in [3.8, 4) is 5.75 Å². The molecule has 0 radical (unpaired) electrons. The lowest BCUT2D eigenvalue weighted by Gasteiger charge is -2.29. The largest absolute Gasteiger partial charge is 0.490 e. The summed E-state index contributed by atoms with van der Waals surface area (Å²) in [7, 11) is 0. The first-order valence-corrected chi connectivity index (χ1v) is 7.11. The van der Waals surface area contributed by atoms with Crippen molar-refractivity contribution < 1.29 is 18.3 Å². The molecule has 2 aromatic carbocycles. The van der Waals surface area contributed by atoms with Gasteiger partial charge in [-0.3, -0.25) is 4.79 Å². The number of nitrogens with zero attached hydrogens (tertiary/aromatic N) is 1. The molecule has 1 amide bonds. The predicted octanol–water partition coefficient (Wildman–Crippen LogP) is 3.32. The molecule has 0 bridgehead atoms. The summed E-state index contributed by atoms with van der Waals surface area (Å²) in [4.78, 5) is 14.1. The lowest BCUT2D eigenvalue weighted by atomic mass is 10.1. The van der Waals surface area contributed by atoms with Crippen molar-refractivity contribution in [3.63, 3.8) is 0 Å². The molecular formula is C17H15F2NO2. The summed E-state index contributed by atoms with van der Waals surface area (Å²) < 4.78 is 31.6. The predicted molar refractivity (Wildman–Crippen MR) is 79.0 cm³/mol. The number of carbonyl (C=O) groups excluding carboxylic acids is 1. The Morgan fingerprint density at radius 1 is 1.14 bits per heavy atom. The average Bonchev–Trinajstić information content (AvgIpc) is 2.55. The number of fused-ring (bicyclic) bond motifs is 1. The Kier molecular flexibility index (Phi) is 4.04. The van der Waals surface area contributed by atoms with Crippen molar-refractivity contribution in [3.05, 3.63) is 59.7 Å². The van der Waals surface area contributed by atoms with Crippen LogP contribution in [0.15, 0.2) is 42.5 Å². The van der Waals surface area contributed by atoms with E-state index >= 15 is 0 Å². The van der Waals surface area contributed by atoms with E-state index in [4.69, 9.17) is 4.74 Å². The molecule has 0 aliphatic carbocycles. The Bertz CT molecular complexity index is 703. The van der Waals surface area contributed by atoms with E-state index in [0.29, 0.717) is 30.9 Å². The van der Waals surface area contributed by atoms with Gasteiger partial charge in [0.15, 0.2) is 11.6 Å². The zero-order valence-electron chi connectivity index (χ0n) is 11.9. The molecule has 3 nitrogen and oxygen atoms in total. The number of hydrogen-bond donors (Lipinski definition) is 0. The maximum absolute atomic E-state index is 13.2. The van der Waals surface area contributed by atoms with Gasteiger partial charge in [-0.1, -0.05) is 18.2 Å². The number of aryl methyl sites for hydroxylation is 1. The topological polar surface area (TPSA) is 29.5 Å². The molecule has 3 rings (SSSR count). The van der Waals surface area contributed by atoms with Crippen LogP contribution in [0.25, 0.3) is 0 Å². The van der Waals surface area contributed by atoms with Gasteiger partial charge in [0.1, 0.15) is 12.4 Å². The fourth-order valence-electron chi connectivity index (χ4n) is 2.51. The molecule has 0 unspecified atom stereocenters. The fraction of sp³-hybridized carbons (Fsp3) is 0.235. The molecule has 114 valence electrons. The van der Waals surface area contributed by atoms with Gasteiger partial charge < -0.3 is 9.64 Å². The normalized spacial score (nSPS) is 13.5. The monoisotopic (exact) mass is 303 g/mol. The molecule has 0 aromatic heterocycles. The summed E-state index contributed by atoms with van der Waals surface area (Å²) in [5.74, 6) is -1.13. The van der Waals surface area contributed by atoms with Crippen LogP contribution in [-0.4, -0.2) is 19.1 Å². The Morgan fingerprint density at radius 3 is 2.77 bits per heavy atom. The van der Waals surface area contributed by atoms with Crippen LogP contribution in [0.2, 0.25) is 0 Å². The van der Waals surface area contributed by atoms with Crippen LogP contribution in [0, 0.1) is 11.6 Å². The van der Waals surface area contributed by atoms with Gasteiger partial charge in [0.2, 0.25) is 5.91 Å². The van der Waals surface area contributed by atoms with E-state index in [1.165, 1.54) is 6.07 Å². The maximum Gasteiger partial charge on any atom is 0.227 e. The third-order valence-electron chi connectivity index (χ3n) is 3.64. The molecule has 1 heterocycles. The number of halogens is 2. The second-order valence-corrected chi connectivity index (χ2v) is 5.11. The van der Waals surface area contributed by atoms with E-state index in [2.05, 4.69) is 0 Å². The third-order valence-corrected chi connectivity index (χ3v) is 3.64.